The van der Waals surface area contributed by atoms with Crippen molar-refractivity contribution in [2.24, 2.45) is 13.0 Å². The van der Waals surface area contributed by atoms with E-state index in [9.17, 15) is 9.59 Å². The van der Waals surface area contributed by atoms with Crippen molar-refractivity contribution in [1.82, 2.24) is 14.7 Å². The molecule has 18 heavy (non-hydrogen) atoms. The van der Waals surface area contributed by atoms with Crippen molar-refractivity contribution in [3.8, 4) is 0 Å². The van der Waals surface area contributed by atoms with E-state index in [1.54, 1.807) is 15.8 Å². The van der Waals surface area contributed by atoms with Crippen molar-refractivity contribution in [2.45, 2.75) is 26.3 Å². The molecular weight excluding hydrogens is 234 g/mol. The summed E-state index contributed by atoms with van der Waals surface area (Å²) in [4.78, 5) is 24.4. The first-order valence-electron chi connectivity index (χ1n) is 5.97. The lowest BCUT2D eigenvalue weighted by Gasteiger charge is -2.30. The number of piperidine rings is 1. The van der Waals surface area contributed by atoms with Crippen molar-refractivity contribution in [3.05, 3.63) is 17.5 Å². The Morgan fingerprint density at radius 3 is 2.89 bits per heavy atom. The van der Waals surface area contributed by atoms with Crippen LogP contribution in [-0.2, 0) is 23.2 Å². The number of hydrogen-bond acceptors (Lipinski definition) is 3. The maximum Gasteiger partial charge on any atom is 0.308 e. The molecule has 6 nitrogen and oxygen atoms in total. The van der Waals surface area contributed by atoms with E-state index in [4.69, 9.17) is 5.11 Å². The van der Waals surface area contributed by atoms with Gasteiger partial charge in [0.05, 0.1) is 12.1 Å². The van der Waals surface area contributed by atoms with E-state index < -0.39 is 11.9 Å². The highest BCUT2D eigenvalue weighted by atomic mass is 16.4. The van der Waals surface area contributed by atoms with Crippen molar-refractivity contribution in [2.75, 3.05) is 6.54 Å². The summed E-state index contributed by atoms with van der Waals surface area (Å²) in [5, 5.41) is 13.1. The molecule has 1 aliphatic rings. The summed E-state index contributed by atoms with van der Waals surface area (Å²) < 4.78 is 1.75. The fourth-order valence-corrected chi connectivity index (χ4v) is 2.17. The molecule has 1 unspecified atom stereocenters. The number of aromatic nitrogens is 2. The first-order chi connectivity index (χ1) is 8.49. The van der Waals surface area contributed by atoms with Gasteiger partial charge in [0.15, 0.2) is 0 Å². The lowest BCUT2D eigenvalue weighted by Crippen LogP contribution is -2.42. The summed E-state index contributed by atoms with van der Waals surface area (Å²) in [5.74, 6) is -1.24. The van der Waals surface area contributed by atoms with Crippen molar-refractivity contribution < 1.29 is 14.7 Å². The van der Waals surface area contributed by atoms with Gasteiger partial charge in [-0.25, -0.2) is 0 Å². The minimum Gasteiger partial charge on any atom is -0.481 e. The van der Waals surface area contributed by atoms with Gasteiger partial charge in [-0.3, -0.25) is 14.3 Å². The molecule has 0 spiro atoms. The van der Waals surface area contributed by atoms with Crippen molar-refractivity contribution >= 4 is 11.9 Å². The first-order valence-corrected chi connectivity index (χ1v) is 5.97. The second-order valence-electron chi connectivity index (χ2n) is 4.73. The van der Waals surface area contributed by atoms with E-state index in [0.717, 1.165) is 11.3 Å². The smallest absolute Gasteiger partial charge is 0.308 e. The van der Waals surface area contributed by atoms with Gasteiger partial charge < -0.3 is 10.0 Å². The number of carboxylic acid groups (broad SMARTS) is 1. The highest BCUT2D eigenvalue weighted by molar-refractivity contribution is 5.80. The minimum absolute atomic E-state index is 0.0238. The largest absolute Gasteiger partial charge is 0.481 e. The van der Waals surface area contributed by atoms with Crippen LogP contribution in [0.4, 0.5) is 0 Å². The van der Waals surface area contributed by atoms with Gasteiger partial charge in [-0.2, -0.15) is 5.10 Å². The predicted molar refractivity (Wildman–Crippen MR) is 63.7 cm³/mol. The van der Waals surface area contributed by atoms with Crippen LogP contribution in [0, 0.1) is 12.8 Å². The minimum atomic E-state index is -0.824. The number of carbonyl (C=O) groups excluding carboxylic acids is 1. The van der Waals surface area contributed by atoms with Crippen LogP contribution in [0.5, 0.6) is 0 Å². The molecule has 0 radical (unpaired) electrons. The maximum absolute atomic E-state index is 11.8. The third kappa shape index (κ3) is 2.37. The number of aryl methyl sites for hydroxylation is 1. The molecule has 1 amide bonds. The quantitative estimate of drug-likeness (QED) is 0.851. The highest BCUT2D eigenvalue weighted by Gasteiger charge is 2.30. The third-order valence-electron chi connectivity index (χ3n) is 3.55. The second kappa shape index (κ2) is 4.80. The number of hydrogen-bond donors (Lipinski definition) is 1. The van der Waals surface area contributed by atoms with Crippen molar-refractivity contribution in [1.29, 1.82) is 0 Å². The fourth-order valence-electron chi connectivity index (χ4n) is 2.17. The Kier molecular flexibility index (Phi) is 3.36. The molecular formula is C12H17N3O3. The van der Waals surface area contributed by atoms with Crippen LogP contribution in [0.2, 0.25) is 0 Å². The predicted octanol–water partition coefficient (Wildman–Crippen LogP) is 0.552. The van der Waals surface area contributed by atoms with Gasteiger partial charge in [-0.1, -0.05) is 0 Å². The Labute approximate surface area is 105 Å². The molecule has 1 aliphatic heterocycles. The van der Waals surface area contributed by atoms with Crippen LogP contribution in [-0.4, -0.2) is 38.2 Å². The zero-order valence-electron chi connectivity index (χ0n) is 10.6. The summed E-state index contributed by atoms with van der Waals surface area (Å²) in [6, 6.07) is 0. The zero-order valence-corrected chi connectivity index (χ0v) is 10.6. The Balaban J connectivity index is 2.09. The lowest BCUT2D eigenvalue weighted by molar-refractivity contribution is -0.147. The Hall–Kier alpha value is -1.85. The fraction of sp³-hybridized carbons (Fsp3) is 0.583. The first kappa shape index (κ1) is 12.6. The van der Waals surface area contributed by atoms with Crippen LogP contribution >= 0.6 is 0 Å². The molecule has 1 atom stereocenters. The normalized spacial score (nSPS) is 20.2. The van der Waals surface area contributed by atoms with Gasteiger partial charge in [0.1, 0.15) is 0 Å². The number of likely N-dealkylation sites (tertiary alicyclic amines) is 1. The monoisotopic (exact) mass is 251 g/mol. The van der Waals surface area contributed by atoms with E-state index in [2.05, 4.69) is 5.10 Å². The van der Waals surface area contributed by atoms with E-state index in [1.807, 2.05) is 14.0 Å². The van der Waals surface area contributed by atoms with Crippen molar-refractivity contribution in [3.63, 3.8) is 0 Å². The molecule has 0 saturated carbocycles. The van der Waals surface area contributed by atoms with E-state index in [-0.39, 0.29) is 5.91 Å². The molecule has 0 aliphatic carbocycles. The molecule has 0 bridgehead atoms. The van der Waals surface area contributed by atoms with Crippen LogP contribution < -0.4 is 0 Å². The molecule has 6 heteroatoms. The van der Waals surface area contributed by atoms with Crippen LogP contribution in [0.3, 0.4) is 0 Å². The van der Waals surface area contributed by atoms with Crippen LogP contribution in [0.1, 0.15) is 24.1 Å². The van der Waals surface area contributed by atoms with Gasteiger partial charge in [0.25, 0.3) is 0 Å². The summed E-state index contributed by atoms with van der Waals surface area (Å²) >= 11 is 0. The van der Waals surface area contributed by atoms with Gasteiger partial charge in [-0.15, -0.1) is 0 Å². The SMILES string of the molecule is Cc1c(CN2CC(C(=O)O)CCC2=O)cnn1C. The number of nitrogens with zero attached hydrogens (tertiary/aromatic N) is 3. The van der Waals surface area contributed by atoms with Crippen LogP contribution in [0.25, 0.3) is 0 Å². The molecule has 2 rings (SSSR count). The number of carboxylic acids is 1. The molecule has 1 aromatic heterocycles. The second-order valence-corrected chi connectivity index (χ2v) is 4.73. The van der Waals surface area contributed by atoms with Gasteiger partial charge in [0.2, 0.25) is 5.91 Å². The number of amides is 1. The Bertz CT molecular complexity index is 481. The summed E-state index contributed by atoms with van der Waals surface area (Å²) in [7, 11) is 1.84. The summed E-state index contributed by atoms with van der Waals surface area (Å²) in [5.41, 5.74) is 1.97. The van der Waals surface area contributed by atoms with Gasteiger partial charge in [0, 0.05) is 37.8 Å². The highest BCUT2D eigenvalue weighted by Crippen LogP contribution is 2.20. The molecule has 2 heterocycles. The van der Waals surface area contributed by atoms with E-state index in [1.165, 1.54) is 0 Å². The van der Waals surface area contributed by atoms with Crippen LogP contribution in [0.15, 0.2) is 6.20 Å². The van der Waals surface area contributed by atoms with E-state index in [0.29, 0.717) is 25.9 Å². The summed E-state index contributed by atoms with van der Waals surface area (Å²) in [6.07, 6.45) is 2.49. The van der Waals surface area contributed by atoms with Gasteiger partial charge >= 0.3 is 5.97 Å². The Morgan fingerprint density at radius 2 is 2.33 bits per heavy atom. The standard InChI is InChI=1S/C12H17N3O3/c1-8-10(5-13-14(8)2)7-15-6-9(12(17)18)3-4-11(15)16/h5,9H,3-4,6-7H2,1-2H3,(H,17,18). The third-order valence-corrected chi connectivity index (χ3v) is 3.55. The maximum atomic E-state index is 11.8. The zero-order chi connectivity index (χ0) is 13.3. The topological polar surface area (TPSA) is 75.4 Å². The molecule has 1 saturated heterocycles. The molecule has 98 valence electrons. The number of rotatable bonds is 3. The number of aliphatic carboxylic acids is 1. The number of carbonyl (C=O) groups is 2. The Morgan fingerprint density at radius 1 is 1.61 bits per heavy atom. The summed E-state index contributed by atoms with van der Waals surface area (Å²) in [6.45, 7) is 2.68. The molecule has 0 aromatic carbocycles. The average molecular weight is 251 g/mol. The molecule has 1 N–H and O–H groups in total. The van der Waals surface area contributed by atoms with E-state index >= 15 is 0 Å². The average Bonchev–Trinajstić information content (AvgIpc) is 2.63. The lowest BCUT2D eigenvalue weighted by atomic mass is 9.97. The molecule has 1 fully saturated rings. The van der Waals surface area contributed by atoms with Gasteiger partial charge in [-0.05, 0) is 13.3 Å². The molecule has 1 aromatic rings.